The predicted octanol–water partition coefficient (Wildman–Crippen LogP) is 3.38. The molecule has 2 rings (SSSR count). The molecule has 0 aliphatic rings. The molecular weight excluding hydrogens is 219 g/mol. The van der Waals surface area contributed by atoms with Gasteiger partial charge in [0.2, 0.25) is 0 Å². The number of benzene rings is 2. The normalized spacial score (nSPS) is 9.94. The van der Waals surface area contributed by atoms with E-state index in [9.17, 15) is 0 Å². The standard InChI is InChI=1S/C15H19BN2/c1-16(17(2)14-10-6-4-7-11-14)18(3)15-12-8-5-9-13-15/h4-13H,1-3H3. The van der Waals surface area contributed by atoms with Crippen LogP contribution in [0, 0.1) is 0 Å². The van der Waals surface area contributed by atoms with Crippen molar-refractivity contribution in [1.82, 2.24) is 0 Å². The van der Waals surface area contributed by atoms with Crippen LogP contribution in [0.3, 0.4) is 0 Å². The van der Waals surface area contributed by atoms with Crippen LogP contribution in [0.1, 0.15) is 0 Å². The second-order valence-electron chi connectivity index (χ2n) is 4.52. The zero-order valence-corrected chi connectivity index (χ0v) is 11.2. The summed E-state index contributed by atoms with van der Waals surface area (Å²) >= 11 is 0. The van der Waals surface area contributed by atoms with Gasteiger partial charge in [-0.25, -0.2) is 0 Å². The Kier molecular flexibility index (Phi) is 3.93. The van der Waals surface area contributed by atoms with Crippen LogP contribution < -0.4 is 9.62 Å². The smallest absolute Gasteiger partial charge is 0.371 e. The Morgan fingerprint density at radius 1 is 0.667 bits per heavy atom. The molecule has 0 heterocycles. The van der Waals surface area contributed by atoms with Gasteiger partial charge in [-0.3, -0.25) is 0 Å². The first-order chi connectivity index (χ1) is 8.70. The minimum atomic E-state index is 0.301. The van der Waals surface area contributed by atoms with Crippen LogP contribution in [0.2, 0.25) is 6.82 Å². The summed E-state index contributed by atoms with van der Waals surface area (Å²) in [4.78, 5) is 4.54. The van der Waals surface area contributed by atoms with E-state index in [2.05, 4.69) is 79.1 Å². The summed E-state index contributed by atoms with van der Waals surface area (Å²) in [6.45, 7) is 2.51. The van der Waals surface area contributed by atoms with E-state index in [0.29, 0.717) is 6.98 Å². The van der Waals surface area contributed by atoms with E-state index in [1.807, 2.05) is 12.1 Å². The number of rotatable bonds is 4. The monoisotopic (exact) mass is 238 g/mol. The molecule has 0 aromatic heterocycles. The Bertz CT molecular complexity index is 427. The minimum Gasteiger partial charge on any atom is -0.399 e. The van der Waals surface area contributed by atoms with E-state index in [1.54, 1.807) is 0 Å². The van der Waals surface area contributed by atoms with E-state index >= 15 is 0 Å². The van der Waals surface area contributed by atoms with E-state index in [0.717, 1.165) is 0 Å². The number of hydrogen-bond donors (Lipinski definition) is 0. The third-order valence-corrected chi connectivity index (χ3v) is 3.45. The molecule has 0 amide bonds. The van der Waals surface area contributed by atoms with E-state index in [-0.39, 0.29) is 0 Å². The van der Waals surface area contributed by atoms with Crippen LogP contribution in [0.4, 0.5) is 11.4 Å². The van der Waals surface area contributed by atoms with Crippen LogP contribution in [-0.2, 0) is 0 Å². The number of nitrogens with zero attached hydrogens (tertiary/aromatic N) is 2. The molecular formula is C15H19BN2. The average molecular weight is 238 g/mol. The molecule has 3 heteroatoms. The molecule has 18 heavy (non-hydrogen) atoms. The molecule has 0 N–H and O–H groups in total. The molecule has 0 bridgehead atoms. The Hall–Kier alpha value is -1.90. The van der Waals surface area contributed by atoms with Crippen molar-refractivity contribution < 1.29 is 0 Å². The lowest BCUT2D eigenvalue weighted by molar-refractivity contribution is 1.19. The quantitative estimate of drug-likeness (QED) is 0.753. The zero-order valence-electron chi connectivity index (χ0n) is 11.2. The fraction of sp³-hybridized carbons (Fsp3) is 0.200. The molecule has 0 radical (unpaired) electrons. The molecule has 2 aromatic rings. The van der Waals surface area contributed by atoms with Gasteiger partial charge in [-0.1, -0.05) is 36.4 Å². The average Bonchev–Trinajstić information content (AvgIpc) is 2.47. The van der Waals surface area contributed by atoms with E-state index in [4.69, 9.17) is 0 Å². The summed E-state index contributed by atoms with van der Waals surface area (Å²) in [5.41, 5.74) is 2.46. The van der Waals surface area contributed by atoms with Crippen molar-refractivity contribution in [3.63, 3.8) is 0 Å². The maximum Gasteiger partial charge on any atom is 0.371 e. The third-order valence-electron chi connectivity index (χ3n) is 3.45. The molecule has 92 valence electrons. The van der Waals surface area contributed by atoms with Gasteiger partial charge in [0, 0.05) is 11.4 Å². The summed E-state index contributed by atoms with van der Waals surface area (Å²) in [5.74, 6) is 0. The molecule has 2 aromatic carbocycles. The maximum absolute atomic E-state index is 2.27. The number of anilines is 2. The van der Waals surface area contributed by atoms with Crippen molar-refractivity contribution >= 4 is 18.4 Å². The topological polar surface area (TPSA) is 6.48 Å². The summed E-state index contributed by atoms with van der Waals surface area (Å²) in [6, 6.07) is 20.9. The van der Waals surface area contributed by atoms with Gasteiger partial charge in [-0.2, -0.15) is 0 Å². The summed E-state index contributed by atoms with van der Waals surface area (Å²) in [7, 11) is 4.25. The van der Waals surface area contributed by atoms with Gasteiger partial charge in [-0.05, 0) is 45.2 Å². The van der Waals surface area contributed by atoms with Gasteiger partial charge in [0.25, 0.3) is 0 Å². The largest absolute Gasteiger partial charge is 0.399 e. The van der Waals surface area contributed by atoms with E-state index in [1.165, 1.54) is 11.4 Å². The van der Waals surface area contributed by atoms with Crippen molar-refractivity contribution in [3.05, 3.63) is 60.7 Å². The third kappa shape index (κ3) is 2.67. The minimum absolute atomic E-state index is 0.301. The maximum atomic E-state index is 2.27. The lowest BCUT2D eigenvalue weighted by Gasteiger charge is -2.32. The van der Waals surface area contributed by atoms with E-state index < -0.39 is 0 Å². The van der Waals surface area contributed by atoms with Gasteiger partial charge in [-0.15, -0.1) is 0 Å². The van der Waals surface area contributed by atoms with Crippen LogP contribution in [0.5, 0.6) is 0 Å². The van der Waals surface area contributed by atoms with Crippen molar-refractivity contribution in [2.75, 3.05) is 23.7 Å². The first-order valence-electron chi connectivity index (χ1n) is 6.26. The second kappa shape index (κ2) is 5.63. The molecule has 0 aliphatic carbocycles. The SMILES string of the molecule is CB(N(C)c1ccccc1)N(C)c1ccccc1. The lowest BCUT2D eigenvalue weighted by Crippen LogP contribution is -2.47. The summed E-state index contributed by atoms with van der Waals surface area (Å²) in [6.07, 6.45) is 0. The molecule has 0 spiro atoms. The lowest BCUT2D eigenvalue weighted by atomic mass is 9.74. The van der Waals surface area contributed by atoms with Crippen LogP contribution >= 0.6 is 0 Å². The molecule has 2 nitrogen and oxygen atoms in total. The highest BCUT2D eigenvalue weighted by Crippen LogP contribution is 2.18. The highest BCUT2D eigenvalue weighted by Gasteiger charge is 2.20. The Morgan fingerprint density at radius 2 is 1.00 bits per heavy atom. The zero-order chi connectivity index (χ0) is 13.0. The van der Waals surface area contributed by atoms with Gasteiger partial charge < -0.3 is 9.62 Å². The van der Waals surface area contributed by atoms with Gasteiger partial charge >= 0.3 is 6.98 Å². The molecule has 0 aliphatic heterocycles. The first-order valence-corrected chi connectivity index (χ1v) is 6.26. The van der Waals surface area contributed by atoms with Crippen LogP contribution in [0.25, 0.3) is 0 Å². The van der Waals surface area contributed by atoms with Crippen molar-refractivity contribution in [1.29, 1.82) is 0 Å². The molecule has 0 fully saturated rings. The molecule has 0 atom stereocenters. The van der Waals surface area contributed by atoms with Crippen LogP contribution in [0.15, 0.2) is 60.7 Å². The Morgan fingerprint density at radius 3 is 1.33 bits per heavy atom. The van der Waals surface area contributed by atoms with Crippen molar-refractivity contribution in [2.24, 2.45) is 0 Å². The fourth-order valence-corrected chi connectivity index (χ4v) is 2.02. The highest BCUT2D eigenvalue weighted by atomic mass is 15.2. The highest BCUT2D eigenvalue weighted by molar-refractivity contribution is 6.65. The predicted molar refractivity (Wildman–Crippen MR) is 81.3 cm³/mol. The second-order valence-corrected chi connectivity index (χ2v) is 4.52. The first kappa shape index (κ1) is 12.6. The van der Waals surface area contributed by atoms with Crippen molar-refractivity contribution in [3.8, 4) is 0 Å². The summed E-state index contributed by atoms with van der Waals surface area (Å²) in [5, 5.41) is 0. The molecule has 0 saturated carbocycles. The van der Waals surface area contributed by atoms with Crippen LogP contribution in [-0.4, -0.2) is 21.1 Å². The molecule has 0 saturated heterocycles. The Balaban J connectivity index is 2.14. The fourth-order valence-electron chi connectivity index (χ4n) is 2.02. The van der Waals surface area contributed by atoms with Gasteiger partial charge in [0.1, 0.15) is 0 Å². The molecule has 0 unspecified atom stereocenters. The Labute approximate surface area is 110 Å². The number of hydrogen-bond acceptors (Lipinski definition) is 2. The van der Waals surface area contributed by atoms with Gasteiger partial charge in [0.05, 0.1) is 0 Å². The summed E-state index contributed by atoms with van der Waals surface area (Å²) < 4.78 is 0. The number of para-hydroxylation sites is 2. The van der Waals surface area contributed by atoms with Gasteiger partial charge in [0.15, 0.2) is 0 Å². The van der Waals surface area contributed by atoms with Crippen molar-refractivity contribution in [2.45, 2.75) is 6.82 Å².